The van der Waals surface area contributed by atoms with Gasteiger partial charge in [-0.3, -0.25) is 9.59 Å². The fourth-order valence-corrected chi connectivity index (χ4v) is 3.07. The Morgan fingerprint density at radius 2 is 2.10 bits per heavy atom. The van der Waals surface area contributed by atoms with Gasteiger partial charge in [0.1, 0.15) is 11.1 Å². The molecule has 1 atom stereocenters. The smallest absolute Gasteiger partial charge is 0.237 e. The molecule has 1 unspecified atom stereocenters. The van der Waals surface area contributed by atoms with Crippen LogP contribution in [0.4, 0.5) is 10.1 Å². The molecule has 1 aromatic rings. The van der Waals surface area contributed by atoms with Crippen LogP contribution in [0, 0.1) is 5.82 Å². The van der Waals surface area contributed by atoms with Crippen molar-refractivity contribution in [3.63, 3.8) is 0 Å². The third-order valence-corrected chi connectivity index (χ3v) is 5.00. The van der Waals surface area contributed by atoms with Crippen LogP contribution in [0.2, 0.25) is 0 Å². The Morgan fingerprint density at radius 3 is 2.55 bits per heavy atom. The molecule has 1 amide bonds. The molecule has 20 heavy (non-hydrogen) atoms. The molecule has 8 heteroatoms. The molecular formula is C12H11ClFNO4S. The van der Waals surface area contributed by atoms with Crippen molar-refractivity contribution in [2.24, 2.45) is 0 Å². The Kier molecular flexibility index (Phi) is 3.84. The van der Waals surface area contributed by atoms with E-state index >= 15 is 0 Å². The first-order valence-corrected chi connectivity index (χ1v) is 8.11. The van der Waals surface area contributed by atoms with Crippen molar-refractivity contribution in [2.75, 3.05) is 11.4 Å². The first kappa shape index (κ1) is 14.9. The minimum Gasteiger partial charge on any atom is -0.308 e. The van der Waals surface area contributed by atoms with E-state index in [1.807, 2.05) is 0 Å². The summed E-state index contributed by atoms with van der Waals surface area (Å²) in [6, 6.07) is 3.69. The topological polar surface area (TPSA) is 71.5 Å². The van der Waals surface area contributed by atoms with Crippen LogP contribution in [-0.2, 0) is 13.8 Å². The summed E-state index contributed by atoms with van der Waals surface area (Å²) in [5.74, 6) is -1.57. The fourth-order valence-electron chi connectivity index (χ4n) is 2.04. The highest BCUT2D eigenvalue weighted by atomic mass is 35.7. The zero-order valence-electron chi connectivity index (χ0n) is 10.5. The number of carbonyl (C=O) groups excluding carboxylic acids is 2. The zero-order valence-corrected chi connectivity index (χ0v) is 12.0. The highest BCUT2D eigenvalue weighted by Gasteiger charge is 2.38. The molecule has 1 aliphatic rings. The number of hydrogen-bond donors (Lipinski definition) is 0. The summed E-state index contributed by atoms with van der Waals surface area (Å²) >= 11 is 0. The number of ketones is 1. The molecule has 1 heterocycles. The van der Waals surface area contributed by atoms with Gasteiger partial charge in [0, 0.05) is 29.2 Å². The van der Waals surface area contributed by atoms with Crippen LogP contribution < -0.4 is 4.90 Å². The minimum absolute atomic E-state index is 0.0529. The Labute approximate surface area is 119 Å². The van der Waals surface area contributed by atoms with E-state index in [0.717, 1.165) is 11.0 Å². The third-order valence-electron chi connectivity index (χ3n) is 3.13. The number of hydrogen-bond acceptors (Lipinski definition) is 4. The number of nitrogens with zero attached hydrogens (tertiary/aromatic N) is 1. The van der Waals surface area contributed by atoms with Crippen LogP contribution in [0.15, 0.2) is 18.2 Å². The molecule has 1 fully saturated rings. The van der Waals surface area contributed by atoms with E-state index in [-0.39, 0.29) is 30.0 Å². The van der Waals surface area contributed by atoms with Crippen LogP contribution in [0.3, 0.4) is 0 Å². The Balaban J connectivity index is 2.33. The zero-order chi connectivity index (χ0) is 15.1. The maximum atomic E-state index is 13.9. The largest absolute Gasteiger partial charge is 0.308 e. The molecule has 0 radical (unpaired) electrons. The SMILES string of the molecule is CC(=O)c1ccc(N2CC(S(=O)(=O)Cl)CC2=O)c(F)c1. The van der Waals surface area contributed by atoms with Crippen LogP contribution in [0.25, 0.3) is 0 Å². The molecule has 0 N–H and O–H groups in total. The predicted octanol–water partition coefficient (Wildman–Crippen LogP) is 1.70. The average molecular weight is 320 g/mol. The molecule has 0 aliphatic carbocycles. The number of amides is 1. The summed E-state index contributed by atoms with van der Waals surface area (Å²) in [7, 11) is 1.34. The van der Waals surface area contributed by atoms with Crippen molar-refractivity contribution >= 4 is 37.1 Å². The molecule has 1 saturated heterocycles. The van der Waals surface area contributed by atoms with Gasteiger partial charge in [-0.25, -0.2) is 12.8 Å². The number of rotatable bonds is 3. The van der Waals surface area contributed by atoms with Crippen LogP contribution >= 0.6 is 10.7 Å². The second-order valence-electron chi connectivity index (χ2n) is 4.53. The minimum atomic E-state index is -3.88. The summed E-state index contributed by atoms with van der Waals surface area (Å²) in [5.41, 5.74) is 0.127. The Morgan fingerprint density at radius 1 is 1.45 bits per heavy atom. The van der Waals surface area contributed by atoms with Crippen molar-refractivity contribution in [1.82, 2.24) is 0 Å². The Bertz CT molecular complexity index is 689. The van der Waals surface area contributed by atoms with Crippen LogP contribution in [0.5, 0.6) is 0 Å². The van der Waals surface area contributed by atoms with E-state index in [9.17, 15) is 22.4 Å². The van der Waals surface area contributed by atoms with Crippen molar-refractivity contribution < 1.29 is 22.4 Å². The summed E-state index contributed by atoms with van der Waals surface area (Å²) in [6.45, 7) is 1.10. The maximum absolute atomic E-state index is 13.9. The molecule has 108 valence electrons. The lowest BCUT2D eigenvalue weighted by atomic mass is 10.1. The maximum Gasteiger partial charge on any atom is 0.237 e. The van der Waals surface area contributed by atoms with Gasteiger partial charge in [-0.1, -0.05) is 0 Å². The fraction of sp³-hybridized carbons (Fsp3) is 0.333. The van der Waals surface area contributed by atoms with Crippen LogP contribution in [-0.4, -0.2) is 31.9 Å². The predicted molar refractivity (Wildman–Crippen MR) is 71.9 cm³/mol. The van der Waals surface area contributed by atoms with E-state index < -0.39 is 26.0 Å². The number of Topliss-reactive ketones (excluding diaryl/α,β-unsaturated/α-hetero) is 1. The highest BCUT2D eigenvalue weighted by molar-refractivity contribution is 8.14. The summed E-state index contributed by atoms with van der Waals surface area (Å²) in [6.07, 6.45) is -0.278. The molecule has 2 rings (SSSR count). The van der Waals surface area contributed by atoms with Gasteiger partial charge in [0.05, 0.1) is 5.69 Å². The molecule has 0 aromatic heterocycles. The van der Waals surface area contributed by atoms with Crippen molar-refractivity contribution in [2.45, 2.75) is 18.6 Å². The first-order chi connectivity index (χ1) is 9.20. The van der Waals surface area contributed by atoms with E-state index in [1.54, 1.807) is 0 Å². The second-order valence-corrected chi connectivity index (χ2v) is 7.44. The van der Waals surface area contributed by atoms with Crippen molar-refractivity contribution in [3.8, 4) is 0 Å². The van der Waals surface area contributed by atoms with E-state index in [0.29, 0.717) is 0 Å². The molecule has 1 aromatic carbocycles. The molecule has 0 bridgehead atoms. The first-order valence-electron chi connectivity index (χ1n) is 5.74. The van der Waals surface area contributed by atoms with Gasteiger partial charge >= 0.3 is 0 Å². The normalized spacial score (nSPS) is 19.4. The molecule has 1 aliphatic heterocycles. The van der Waals surface area contributed by atoms with E-state index in [4.69, 9.17) is 10.7 Å². The average Bonchev–Trinajstić information content (AvgIpc) is 2.71. The highest BCUT2D eigenvalue weighted by Crippen LogP contribution is 2.29. The van der Waals surface area contributed by atoms with E-state index in [2.05, 4.69) is 0 Å². The quantitative estimate of drug-likeness (QED) is 0.628. The van der Waals surface area contributed by atoms with Crippen molar-refractivity contribution in [3.05, 3.63) is 29.6 Å². The Hall–Kier alpha value is -1.47. The van der Waals surface area contributed by atoms with Gasteiger partial charge in [-0.15, -0.1) is 0 Å². The summed E-state index contributed by atoms with van der Waals surface area (Å²) in [4.78, 5) is 23.9. The van der Waals surface area contributed by atoms with Crippen LogP contribution in [0.1, 0.15) is 23.7 Å². The lowest BCUT2D eigenvalue weighted by Crippen LogP contribution is -2.27. The van der Waals surface area contributed by atoms with Crippen molar-refractivity contribution in [1.29, 1.82) is 0 Å². The number of benzene rings is 1. The second kappa shape index (κ2) is 5.14. The molecular weight excluding hydrogens is 309 g/mol. The lowest BCUT2D eigenvalue weighted by Gasteiger charge is -2.17. The van der Waals surface area contributed by atoms with Gasteiger partial charge in [0.2, 0.25) is 15.0 Å². The molecule has 0 spiro atoms. The van der Waals surface area contributed by atoms with Gasteiger partial charge in [-0.05, 0) is 25.1 Å². The van der Waals surface area contributed by atoms with Gasteiger partial charge in [-0.2, -0.15) is 0 Å². The molecule has 0 saturated carbocycles. The van der Waals surface area contributed by atoms with Gasteiger partial charge in [0.25, 0.3) is 0 Å². The molecule has 5 nitrogen and oxygen atoms in total. The monoisotopic (exact) mass is 319 g/mol. The number of carbonyl (C=O) groups is 2. The number of anilines is 1. The van der Waals surface area contributed by atoms with Gasteiger partial charge in [0.15, 0.2) is 5.78 Å². The lowest BCUT2D eigenvalue weighted by molar-refractivity contribution is -0.117. The van der Waals surface area contributed by atoms with E-state index in [1.165, 1.54) is 19.1 Å². The summed E-state index contributed by atoms with van der Waals surface area (Å²) in [5, 5.41) is -1.05. The summed E-state index contributed by atoms with van der Waals surface area (Å²) < 4.78 is 36.4. The van der Waals surface area contributed by atoms with Gasteiger partial charge < -0.3 is 4.90 Å². The standard InChI is InChI=1S/C12H11ClFNO4S/c1-7(16)8-2-3-11(10(14)4-8)15-6-9(5-12(15)17)20(13,18)19/h2-4,9H,5-6H2,1H3. The number of halogens is 2. The third kappa shape index (κ3) is 2.83.